The normalized spacial score (nSPS) is 21.1. The third-order valence-corrected chi connectivity index (χ3v) is 5.40. The highest BCUT2D eigenvalue weighted by atomic mass is 32.1. The van der Waals surface area contributed by atoms with Gasteiger partial charge in [0, 0.05) is 26.6 Å². The molecule has 2 aromatic heterocycles. The van der Waals surface area contributed by atoms with Crippen LogP contribution >= 0.6 is 11.3 Å². The number of Topliss-reactive ketones (excluding diaryl/α,β-unsaturated/α-hetero) is 1. The van der Waals surface area contributed by atoms with Crippen LogP contribution in [0.25, 0.3) is 0 Å². The van der Waals surface area contributed by atoms with Crippen molar-refractivity contribution in [3.63, 3.8) is 0 Å². The smallest absolute Gasteiger partial charge is 0.217 e. The van der Waals surface area contributed by atoms with Crippen LogP contribution < -0.4 is 5.32 Å². The minimum Gasteiger partial charge on any atom is -0.466 e. The van der Waals surface area contributed by atoms with Crippen LogP contribution in [-0.2, 0) is 11.3 Å². The molecule has 0 aliphatic carbocycles. The number of carbonyl (C=O) groups is 2. The predicted octanol–water partition coefficient (Wildman–Crippen LogP) is 2.96. The molecule has 1 aliphatic rings. The van der Waals surface area contributed by atoms with E-state index in [0.29, 0.717) is 0 Å². The summed E-state index contributed by atoms with van der Waals surface area (Å²) in [7, 11) is 0. The summed E-state index contributed by atoms with van der Waals surface area (Å²) in [5, 5.41) is 5.08. The Morgan fingerprint density at radius 2 is 2.12 bits per heavy atom. The molecule has 1 N–H and O–H groups in total. The van der Waals surface area contributed by atoms with E-state index in [2.05, 4.69) is 10.2 Å². The fraction of sp³-hybridized carbons (Fsp3) is 0.444. The summed E-state index contributed by atoms with van der Waals surface area (Å²) in [4.78, 5) is 26.1. The molecule has 3 rings (SSSR count). The fourth-order valence-corrected chi connectivity index (χ4v) is 4.07. The van der Waals surface area contributed by atoms with E-state index in [4.69, 9.17) is 4.42 Å². The van der Waals surface area contributed by atoms with E-state index in [1.165, 1.54) is 11.3 Å². The van der Waals surface area contributed by atoms with Gasteiger partial charge in [0.05, 0.1) is 16.8 Å². The standard InChI is InChI=1S/C18H22N2O3S/c1-11-4-5-17(23-11)15-8-20(9-16(15)19-13(3)22)7-14-6-18(12(2)21)24-10-14/h4-6,10,15-16H,7-9H2,1-3H3,(H,19,22)/t15-,16-/m1/s1. The lowest BCUT2D eigenvalue weighted by Crippen LogP contribution is -2.38. The maximum atomic E-state index is 11.5. The van der Waals surface area contributed by atoms with E-state index >= 15 is 0 Å². The van der Waals surface area contributed by atoms with Crippen LogP contribution in [-0.4, -0.2) is 35.7 Å². The van der Waals surface area contributed by atoms with Gasteiger partial charge in [-0.1, -0.05) is 0 Å². The van der Waals surface area contributed by atoms with Crippen molar-refractivity contribution in [1.82, 2.24) is 10.2 Å². The summed E-state index contributed by atoms with van der Waals surface area (Å²) in [5.74, 6) is 2.03. The number of nitrogens with zero attached hydrogens (tertiary/aromatic N) is 1. The first-order chi connectivity index (χ1) is 11.4. The summed E-state index contributed by atoms with van der Waals surface area (Å²) < 4.78 is 5.79. The highest BCUT2D eigenvalue weighted by Crippen LogP contribution is 2.30. The Kier molecular flexibility index (Phi) is 4.87. The fourth-order valence-electron chi connectivity index (χ4n) is 3.26. The van der Waals surface area contributed by atoms with Gasteiger partial charge in [0.25, 0.3) is 0 Å². The van der Waals surface area contributed by atoms with Crippen molar-refractivity contribution in [3.8, 4) is 0 Å². The highest BCUT2D eigenvalue weighted by molar-refractivity contribution is 7.12. The first-order valence-corrected chi connectivity index (χ1v) is 8.94. The minimum atomic E-state index is -0.0236. The van der Waals surface area contributed by atoms with Gasteiger partial charge in [0.1, 0.15) is 11.5 Å². The first kappa shape index (κ1) is 16.9. The van der Waals surface area contributed by atoms with Crippen LogP contribution in [0.15, 0.2) is 28.0 Å². The summed E-state index contributed by atoms with van der Waals surface area (Å²) in [6, 6.07) is 5.96. The van der Waals surface area contributed by atoms with E-state index in [1.807, 2.05) is 30.5 Å². The van der Waals surface area contributed by atoms with Gasteiger partial charge in [-0.15, -0.1) is 11.3 Å². The molecule has 0 radical (unpaired) electrons. The predicted molar refractivity (Wildman–Crippen MR) is 93.4 cm³/mol. The highest BCUT2D eigenvalue weighted by Gasteiger charge is 2.36. The SMILES string of the molecule is CC(=O)N[C@@H]1CN(Cc2csc(C(C)=O)c2)C[C@H]1c1ccc(C)o1. The van der Waals surface area contributed by atoms with E-state index < -0.39 is 0 Å². The average Bonchev–Trinajstić information content (AvgIpc) is 3.19. The largest absolute Gasteiger partial charge is 0.466 e. The second-order valence-corrected chi connectivity index (χ2v) is 7.34. The van der Waals surface area contributed by atoms with Gasteiger partial charge >= 0.3 is 0 Å². The molecule has 6 heteroatoms. The molecular weight excluding hydrogens is 324 g/mol. The molecule has 5 nitrogen and oxygen atoms in total. The molecule has 0 spiro atoms. The zero-order valence-corrected chi connectivity index (χ0v) is 15.0. The van der Waals surface area contributed by atoms with E-state index in [0.717, 1.165) is 41.6 Å². The zero-order chi connectivity index (χ0) is 17.3. The summed E-state index contributed by atoms with van der Waals surface area (Å²) in [5.41, 5.74) is 1.14. The number of hydrogen-bond acceptors (Lipinski definition) is 5. The number of nitrogens with one attached hydrogen (secondary N) is 1. The molecule has 1 amide bonds. The zero-order valence-electron chi connectivity index (χ0n) is 14.2. The maximum absolute atomic E-state index is 11.5. The number of likely N-dealkylation sites (tertiary alicyclic amines) is 1. The third-order valence-electron chi connectivity index (χ3n) is 4.32. The molecule has 1 aliphatic heterocycles. The van der Waals surface area contributed by atoms with Crippen LogP contribution in [0.3, 0.4) is 0 Å². The number of ketones is 1. The van der Waals surface area contributed by atoms with Crippen molar-refractivity contribution in [3.05, 3.63) is 45.5 Å². The maximum Gasteiger partial charge on any atom is 0.217 e. The molecular formula is C18H22N2O3S. The Morgan fingerprint density at radius 1 is 1.33 bits per heavy atom. The first-order valence-electron chi connectivity index (χ1n) is 8.06. The van der Waals surface area contributed by atoms with Crippen LogP contribution in [0, 0.1) is 6.92 Å². The number of hydrogen-bond donors (Lipinski definition) is 1. The van der Waals surface area contributed by atoms with Gasteiger partial charge in [-0.3, -0.25) is 14.5 Å². The monoisotopic (exact) mass is 346 g/mol. The van der Waals surface area contributed by atoms with Gasteiger partial charge in [-0.05, 0) is 43.0 Å². The number of aryl methyl sites for hydroxylation is 1. The lowest BCUT2D eigenvalue weighted by molar-refractivity contribution is -0.119. The molecule has 3 heterocycles. The number of rotatable bonds is 5. The van der Waals surface area contributed by atoms with Gasteiger partial charge in [-0.25, -0.2) is 0 Å². The lowest BCUT2D eigenvalue weighted by Gasteiger charge is -2.17. The Morgan fingerprint density at radius 3 is 2.71 bits per heavy atom. The Labute approximate surface area is 145 Å². The Balaban J connectivity index is 1.73. The van der Waals surface area contributed by atoms with Crippen molar-refractivity contribution in [2.75, 3.05) is 13.1 Å². The lowest BCUT2D eigenvalue weighted by atomic mass is 10.0. The molecule has 0 unspecified atom stereocenters. The molecule has 0 saturated carbocycles. The molecule has 24 heavy (non-hydrogen) atoms. The number of thiophene rings is 1. The molecule has 0 aromatic carbocycles. The molecule has 2 aromatic rings. The van der Waals surface area contributed by atoms with E-state index in [9.17, 15) is 9.59 Å². The van der Waals surface area contributed by atoms with Gasteiger partial charge in [0.2, 0.25) is 5.91 Å². The van der Waals surface area contributed by atoms with Crippen molar-refractivity contribution >= 4 is 23.0 Å². The number of furan rings is 1. The minimum absolute atomic E-state index is 0.0236. The van der Waals surface area contributed by atoms with Crippen molar-refractivity contribution in [1.29, 1.82) is 0 Å². The van der Waals surface area contributed by atoms with Crippen LogP contribution in [0.5, 0.6) is 0 Å². The second-order valence-electron chi connectivity index (χ2n) is 6.43. The molecule has 1 fully saturated rings. The summed E-state index contributed by atoms with van der Waals surface area (Å²) >= 11 is 1.49. The van der Waals surface area contributed by atoms with E-state index in [1.54, 1.807) is 13.8 Å². The summed E-state index contributed by atoms with van der Waals surface area (Å²) in [6.45, 7) is 7.44. The van der Waals surface area contributed by atoms with Crippen LogP contribution in [0.4, 0.5) is 0 Å². The average molecular weight is 346 g/mol. The van der Waals surface area contributed by atoms with Crippen LogP contribution in [0.1, 0.15) is 46.5 Å². The quantitative estimate of drug-likeness (QED) is 0.846. The second kappa shape index (κ2) is 6.91. The van der Waals surface area contributed by atoms with Crippen molar-refractivity contribution in [2.24, 2.45) is 0 Å². The Hall–Kier alpha value is -1.92. The topological polar surface area (TPSA) is 62.6 Å². The van der Waals surface area contributed by atoms with Gasteiger partial charge < -0.3 is 9.73 Å². The number of amides is 1. The van der Waals surface area contributed by atoms with E-state index in [-0.39, 0.29) is 23.7 Å². The molecule has 128 valence electrons. The molecule has 2 atom stereocenters. The molecule has 0 bridgehead atoms. The third kappa shape index (κ3) is 3.76. The van der Waals surface area contributed by atoms with Crippen molar-refractivity contribution < 1.29 is 14.0 Å². The van der Waals surface area contributed by atoms with Crippen molar-refractivity contribution in [2.45, 2.75) is 39.3 Å². The van der Waals surface area contributed by atoms with Gasteiger partial charge in [0.15, 0.2) is 5.78 Å². The summed E-state index contributed by atoms with van der Waals surface area (Å²) in [6.07, 6.45) is 0. The number of carbonyl (C=O) groups excluding carboxylic acids is 2. The van der Waals surface area contributed by atoms with Crippen LogP contribution in [0.2, 0.25) is 0 Å². The Bertz CT molecular complexity index is 749. The van der Waals surface area contributed by atoms with Gasteiger partial charge in [-0.2, -0.15) is 0 Å². The molecule has 1 saturated heterocycles.